The number of benzene rings is 2. The van der Waals surface area contributed by atoms with Crippen LogP contribution in [0.15, 0.2) is 24.3 Å². The molecule has 4 rings (SSSR count). The van der Waals surface area contributed by atoms with Crippen LogP contribution in [-0.4, -0.2) is 5.60 Å². The SMILES string of the molecule is Cc1cc2c(c(-c3cccc4c3CCCC4)c1OC(C)(C)C)CCCC2. The Labute approximate surface area is 158 Å². The number of aryl methyl sites for hydroxylation is 3. The smallest absolute Gasteiger partial charge is 0.131 e. The van der Waals surface area contributed by atoms with E-state index < -0.39 is 0 Å². The van der Waals surface area contributed by atoms with Crippen LogP contribution in [0.5, 0.6) is 5.75 Å². The van der Waals surface area contributed by atoms with Crippen molar-refractivity contribution < 1.29 is 4.74 Å². The largest absolute Gasteiger partial charge is 0.487 e. The molecule has 0 aromatic heterocycles. The predicted octanol–water partition coefficient (Wildman–Crippen LogP) is 6.60. The van der Waals surface area contributed by atoms with Gasteiger partial charge in [-0.2, -0.15) is 0 Å². The lowest BCUT2D eigenvalue weighted by molar-refractivity contribution is 0.130. The number of hydrogen-bond acceptors (Lipinski definition) is 1. The molecule has 0 N–H and O–H groups in total. The Morgan fingerprint density at radius 3 is 2.19 bits per heavy atom. The second kappa shape index (κ2) is 6.76. The molecule has 2 aliphatic carbocycles. The number of rotatable bonds is 2. The van der Waals surface area contributed by atoms with Gasteiger partial charge in [0.2, 0.25) is 0 Å². The van der Waals surface area contributed by atoms with Crippen LogP contribution < -0.4 is 4.74 Å². The van der Waals surface area contributed by atoms with Crippen LogP contribution in [0.3, 0.4) is 0 Å². The maximum Gasteiger partial charge on any atom is 0.131 e. The normalized spacial score (nSPS) is 16.8. The van der Waals surface area contributed by atoms with Crippen molar-refractivity contribution in [1.82, 2.24) is 0 Å². The summed E-state index contributed by atoms with van der Waals surface area (Å²) in [6.45, 7) is 8.72. The summed E-state index contributed by atoms with van der Waals surface area (Å²) in [7, 11) is 0. The van der Waals surface area contributed by atoms with E-state index in [1.165, 1.54) is 68.1 Å². The first-order valence-corrected chi connectivity index (χ1v) is 10.4. The molecule has 1 heteroatoms. The molecule has 0 bridgehead atoms. The van der Waals surface area contributed by atoms with Crippen molar-refractivity contribution in [2.45, 2.75) is 84.7 Å². The van der Waals surface area contributed by atoms with Gasteiger partial charge in [0.1, 0.15) is 11.4 Å². The van der Waals surface area contributed by atoms with Gasteiger partial charge in [-0.15, -0.1) is 0 Å². The lowest BCUT2D eigenvalue weighted by Crippen LogP contribution is -2.24. The lowest BCUT2D eigenvalue weighted by atomic mass is 9.79. The second-order valence-corrected chi connectivity index (χ2v) is 9.11. The number of fused-ring (bicyclic) bond motifs is 2. The summed E-state index contributed by atoms with van der Waals surface area (Å²) in [6, 6.07) is 9.35. The summed E-state index contributed by atoms with van der Waals surface area (Å²) in [4.78, 5) is 0. The minimum absolute atomic E-state index is 0.183. The van der Waals surface area contributed by atoms with E-state index in [9.17, 15) is 0 Å². The third-order valence-corrected chi connectivity index (χ3v) is 5.86. The maximum atomic E-state index is 6.58. The Morgan fingerprint density at radius 1 is 0.808 bits per heavy atom. The van der Waals surface area contributed by atoms with Crippen LogP contribution in [0.25, 0.3) is 11.1 Å². The number of ether oxygens (including phenoxy) is 1. The van der Waals surface area contributed by atoms with E-state index in [1.807, 2.05) is 0 Å². The summed E-state index contributed by atoms with van der Waals surface area (Å²) in [5.74, 6) is 1.12. The Bertz CT molecular complexity index is 823. The molecule has 0 amide bonds. The van der Waals surface area contributed by atoms with Crippen LogP contribution in [0, 0.1) is 6.92 Å². The predicted molar refractivity (Wildman–Crippen MR) is 110 cm³/mol. The zero-order valence-corrected chi connectivity index (χ0v) is 16.9. The minimum atomic E-state index is -0.183. The van der Waals surface area contributed by atoms with Gasteiger partial charge in [0.25, 0.3) is 0 Å². The fourth-order valence-electron chi connectivity index (χ4n) is 4.77. The molecular formula is C25H32O. The summed E-state index contributed by atoms with van der Waals surface area (Å²) >= 11 is 0. The van der Waals surface area contributed by atoms with E-state index >= 15 is 0 Å². The molecular weight excluding hydrogens is 316 g/mol. The van der Waals surface area contributed by atoms with Crippen molar-refractivity contribution in [2.75, 3.05) is 0 Å². The third kappa shape index (κ3) is 3.29. The molecule has 2 aliphatic rings. The van der Waals surface area contributed by atoms with Crippen molar-refractivity contribution >= 4 is 0 Å². The van der Waals surface area contributed by atoms with Crippen LogP contribution >= 0.6 is 0 Å². The molecule has 0 heterocycles. The third-order valence-electron chi connectivity index (χ3n) is 5.86. The minimum Gasteiger partial charge on any atom is -0.487 e. The topological polar surface area (TPSA) is 9.23 Å². The second-order valence-electron chi connectivity index (χ2n) is 9.11. The van der Waals surface area contributed by atoms with Crippen LogP contribution in [0.1, 0.15) is 74.3 Å². The molecule has 0 fully saturated rings. The Balaban J connectivity index is 1.98. The standard InChI is InChI=1S/C25H32O/c1-17-16-19-11-6-8-14-21(19)23(24(17)26-25(2,3)4)22-15-9-12-18-10-5-7-13-20(18)22/h9,12,15-16H,5-8,10-11,13-14H2,1-4H3. The zero-order chi connectivity index (χ0) is 18.3. The fourth-order valence-corrected chi connectivity index (χ4v) is 4.77. The molecule has 2 aromatic carbocycles. The Morgan fingerprint density at radius 2 is 1.46 bits per heavy atom. The molecule has 138 valence electrons. The summed E-state index contributed by atoms with van der Waals surface area (Å²) < 4.78 is 6.58. The van der Waals surface area contributed by atoms with E-state index in [2.05, 4.69) is 52.0 Å². The lowest BCUT2D eigenvalue weighted by Gasteiger charge is -2.30. The van der Waals surface area contributed by atoms with Crippen LogP contribution in [-0.2, 0) is 25.7 Å². The van der Waals surface area contributed by atoms with Gasteiger partial charge in [-0.1, -0.05) is 24.3 Å². The molecule has 0 atom stereocenters. The summed E-state index contributed by atoms with van der Waals surface area (Å²) in [5.41, 5.74) is 10.2. The molecule has 0 radical (unpaired) electrons. The van der Waals surface area contributed by atoms with Gasteiger partial charge in [0.15, 0.2) is 0 Å². The Kier molecular flexibility index (Phi) is 4.59. The molecule has 1 nitrogen and oxygen atoms in total. The van der Waals surface area contributed by atoms with E-state index in [1.54, 1.807) is 22.3 Å². The molecule has 0 unspecified atom stereocenters. The highest BCUT2D eigenvalue weighted by atomic mass is 16.5. The van der Waals surface area contributed by atoms with Gasteiger partial charge in [-0.05, 0) is 112 Å². The van der Waals surface area contributed by atoms with E-state index in [4.69, 9.17) is 4.74 Å². The molecule has 2 aromatic rings. The Hall–Kier alpha value is -1.76. The van der Waals surface area contributed by atoms with Crippen molar-refractivity contribution in [3.05, 3.63) is 52.1 Å². The van der Waals surface area contributed by atoms with Crippen LogP contribution in [0.4, 0.5) is 0 Å². The van der Waals surface area contributed by atoms with Gasteiger partial charge in [-0.25, -0.2) is 0 Å². The quantitative estimate of drug-likeness (QED) is 0.594. The van der Waals surface area contributed by atoms with E-state index in [-0.39, 0.29) is 5.60 Å². The molecule has 26 heavy (non-hydrogen) atoms. The number of hydrogen-bond donors (Lipinski definition) is 0. The molecule has 0 aliphatic heterocycles. The van der Waals surface area contributed by atoms with Crippen molar-refractivity contribution in [3.8, 4) is 16.9 Å². The first-order chi connectivity index (χ1) is 12.4. The average Bonchev–Trinajstić information content (AvgIpc) is 2.61. The van der Waals surface area contributed by atoms with Gasteiger partial charge in [0, 0.05) is 5.56 Å². The first-order valence-electron chi connectivity index (χ1n) is 10.4. The highest BCUT2D eigenvalue weighted by molar-refractivity contribution is 5.80. The first kappa shape index (κ1) is 17.6. The molecule has 0 spiro atoms. The fraction of sp³-hybridized carbons (Fsp3) is 0.520. The van der Waals surface area contributed by atoms with Crippen LogP contribution in [0.2, 0.25) is 0 Å². The van der Waals surface area contributed by atoms with Crippen molar-refractivity contribution in [2.24, 2.45) is 0 Å². The highest BCUT2D eigenvalue weighted by Crippen LogP contribution is 2.45. The monoisotopic (exact) mass is 348 g/mol. The molecule has 0 saturated carbocycles. The van der Waals surface area contributed by atoms with Crippen molar-refractivity contribution in [3.63, 3.8) is 0 Å². The molecule has 0 saturated heterocycles. The zero-order valence-electron chi connectivity index (χ0n) is 16.9. The van der Waals surface area contributed by atoms with Gasteiger partial charge in [0.05, 0.1) is 0 Å². The summed E-state index contributed by atoms with van der Waals surface area (Å²) in [6.07, 6.45) is 10.1. The van der Waals surface area contributed by atoms with E-state index in [0.29, 0.717) is 0 Å². The van der Waals surface area contributed by atoms with Gasteiger partial charge in [-0.3, -0.25) is 0 Å². The van der Waals surface area contributed by atoms with Gasteiger partial charge >= 0.3 is 0 Å². The summed E-state index contributed by atoms with van der Waals surface area (Å²) in [5, 5.41) is 0. The maximum absolute atomic E-state index is 6.58. The van der Waals surface area contributed by atoms with Crippen molar-refractivity contribution in [1.29, 1.82) is 0 Å². The van der Waals surface area contributed by atoms with E-state index in [0.717, 1.165) is 5.75 Å². The van der Waals surface area contributed by atoms with Gasteiger partial charge < -0.3 is 4.74 Å². The highest BCUT2D eigenvalue weighted by Gasteiger charge is 2.26. The average molecular weight is 349 g/mol.